The molecule has 0 bridgehead atoms. The first kappa shape index (κ1) is 25.7. The first-order valence-electron chi connectivity index (χ1n) is 13.5. The van der Waals surface area contributed by atoms with Crippen molar-refractivity contribution in [2.24, 2.45) is 23.7 Å². The van der Waals surface area contributed by atoms with Crippen LogP contribution in [0.2, 0.25) is 0 Å². The molecule has 2 aliphatic carbocycles. The molecule has 3 nitrogen and oxygen atoms in total. The van der Waals surface area contributed by atoms with Crippen LogP contribution in [0.15, 0.2) is 0 Å². The summed E-state index contributed by atoms with van der Waals surface area (Å²) in [5, 5.41) is 10.3. The Kier molecular flexibility index (Phi) is 13.1. The Morgan fingerprint density at radius 1 is 0.867 bits per heavy atom. The van der Waals surface area contributed by atoms with Crippen LogP contribution in [0.3, 0.4) is 0 Å². The summed E-state index contributed by atoms with van der Waals surface area (Å²) in [6.07, 6.45) is 22.1. The van der Waals surface area contributed by atoms with Crippen LogP contribution in [-0.4, -0.2) is 23.8 Å². The Labute approximate surface area is 186 Å². The topological polar surface area (TPSA) is 46.5 Å². The molecule has 2 unspecified atom stereocenters. The van der Waals surface area contributed by atoms with E-state index >= 15 is 0 Å². The van der Waals surface area contributed by atoms with E-state index in [1.54, 1.807) is 0 Å². The quantitative estimate of drug-likeness (QED) is 0.234. The zero-order valence-electron chi connectivity index (χ0n) is 20.1. The minimum absolute atomic E-state index is 0.0535. The number of aliphatic hydroxyl groups is 1. The lowest BCUT2D eigenvalue weighted by Gasteiger charge is -2.29. The molecule has 0 aliphatic heterocycles. The highest BCUT2D eigenvalue weighted by atomic mass is 16.5. The van der Waals surface area contributed by atoms with E-state index in [0.717, 1.165) is 37.5 Å². The van der Waals surface area contributed by atoms with E-state index in [1.165, 1.54) is 89.9 Å². The molecule has 3 heteroatoms. The average molecular weight is 423 g/mol. The molecule has 0 aromatic heterocycles. The standard InChI is InChI=1S/C27H50O3/c1-3-5-7-12-22(11-4-2)13-10-14-23-17-19-25(20-18-23)27(29)30-21-26(28)24-15-8-6-9-16-24/h22-26,28H,3-21H2,1-2H3. The number of carbonyl (C=O) groups excluding carboxylic acids is 1. The van der Waals surface area contributed by atoms with Crippen LogP contribution in [0.5, 0.6) is 0 Å². The van der Waals surface area contributed by atoms with Crippen molar-refractivity contribution in [2.75, 3.05) is 6.61 Å². The third-order valence-electron chi connectivity index (χ3n) is 7.91. The second kappa shape index (κ2) is 15.3. The summed E-state index contributed by atoms with van der Waals surface area (Å²) >= 11 is 0. The Morgan fingerprint density at radius 3 is 2.23 bits per heavy atom. The molecule has 0 aromatic rings. The molecule has 0 heterocycles. The molecule has 0 saturated heterocycles. The van der Waals surface area contributed by atoms with Crippen molar-refractivity contribution in [1.29, 1.82) is 0 Å². The SMILES string of the molecule is CCCCCC(CCC)CCCC1CCC(C(=O)OCC(O)C2CCCCC2)CC1. The van der Waals surface area contributed by atoms with Crippen molar-refractivity contribution in [3.63, 3.8) is 0 Å². The number of rotatable bonds is 14. The van der Waals surface area contributed by atoms with Gasteiger partial charge in [-0.2, -0.15) is 0 Å². The van der Waals surface area contributed by atoms with Gasteiger partial charge in [0.15, 0.2) is 0 Å². The van der Waals surface area contributed by atoms with E-state index in [4.69, 9.17) is 4.74 Å². The van der Waals surface area contributed by atoms with Gasteiger partial charge < -0.3 is 9.84 Å². The van der Waals surface area contributed by atoms with Crippen LogP contribution in [0.4, 0.5) is 0 Å². The second-order valence-corrected chi connectivity index (χ2v) is 10.4. The van der Waals surface area contributed by atoms with Crippen molar-refractivity contribution in [3.8, 4) is 0 Å². The summed E-state index contributed by atoms with van der Waals surface area (Å²) < 4.78 is 5.53. The Hall–Kier alpha value is -0.570. The molecule has 2 atom stereocenters. The van der Waals surface area contributed by atoms with E-state index in [1.807, 2.05) is 0 Å². The third kappa shape index (κ3) is 9.71. The minimum atomic E-state index is -0.459. The predicted molar refractivity (Wildman–Crippen MR) is 125 cm³/mol. The largest absolute Gasteiger partial charge is 0.463 e. The van der Waals surface area contributed by atoms with Gasteiger partial charge in [0, 0.05) is 0 Å². The molecule has 2 aliphatic rings. The maximum atomic E-state index is 12.5. The molecule has 1 N–H and O–H groups in total. The molecular formula is C27H50O3. The van der Waals surface area contributed by atoms with Crippen LogP contribution in [-0.2, 0) is 9.53 Å². The lowest BCUT2D eigenvalue weighted by molar-refractivity contribution is -0.154. The monoisotopic (exact) mass is 422 g/mol. The summed E-state index contributed by atoms with van der Waals surface area (Å²) in [4.78, 5) is 12.5. The van der Waals surface area contributed by atoms with Crippen LogP contribution in [0.25, 0.3) is 0 Å². The maximum Gasteiger partial charge on any atom is 0.309 e. The van der Waals surface area contributed by atoms with Crippen molar-refractivity contribution >= 4 is 5.97 Å². The lowest BCUT2D eigenvalue weighted by atomic mass is 9.79. The zero-order valence-corrected chi connectivity index (χ0v) is 20.1. The van der Waals surface area contributed by atoms with Gasteiger partial charge in [0.25, 0.3) is 0 Å². The number of carbonyl (C=O) groups is 1. The van der Waals surface area contributed by atoms with Crippen molar-refractivity contribution in [3.05, 3.63) is 0 Å². The molecule has 2 saturated carbocycles. The fraction of sp³-hybridized carbons (Fsp3) is 0.963. The van der Waals surface area contributed by atoms with Gasteiger partial charge >= 0.3 is 5.97 Å². The normalized spacial score (nSPS) is 25.0. The van der Waals surface area contributed by atoms with Crippen molar-refractivity contribution < 1.29 is 14.6 Å². The average Bonchev–Trinajstić information content (AvgIpc) is 2.78. The number of hydrogen-bond donors (Lipinski definition) is 1. The van der Waals surface area contributed by atoms with Gasteiger partial charge in [-0.3, -0.25) is 4.79 Å². The highest BCUT2D eigenvalue weighted by Gasteiger charge is 2.29. The van der Waals surface area contributed by atoms with Crippen LogP contribution < -0.4 is 0 Å². The zero-order chi connectivity index (χ0) is 21.6. The third-order valence-corrected chi connectivity index (χ3v) is 7.91. The van der Waals surface area contributed by atoms with Gasteiger partial charge in [-0.05, 0) is 56.3 Å². The van der Waals surface area contributed by atoms with Crippen molar-refractivity contribution in [1.82, 2.24) is 0 Å². The maximum absolute atomic E-state index is 12.5. The Bertz CT molecular complexity index is 435. The molecule has 0 spiro atoms. The molecule has 176 valence electrons. The minimum Gasteiger partial charge on any atom is -0.463 e. The van der Waals surface area contributed by atoms with Gasteiger partial charge in [-0.1, -0.05) is 90.9 Å². The van der Waals surface area contributed by atoms with Gasteiger partial charge in [0.05, 0.1) is 12.0 Å². The number of aliphatic hydroxyl groups excluding tert-OH is 1. The van der Waals surface area contributed by atoms with E-state index in [-0.39, 0.29) is 18.5 Å². The van der Waals surface area contributed by atoms with E-state index < -0.39 is 6.10 Å². The van der Waals surface area contributed by atoms with Gasteiger partial charge in [-0.25, -0.2) is 0 Å². The number of esters is 1. The van der Waals surface area contributed by atoms with E-state index in [2.05, 4.69) is 13.8 Å². The highest BCUT2D eigenvalue weighted by molar-refractivity contribution is 5.72. The number of unbranched alkanes of at least 4 members (excludes halogenated alkanes) is 2. The molecule has 0 amide bonds. The first-order chi connectivity index (χ1) is 14.6. The second-order valence-electron chi connectivity index (χ2n) is 10.4. The first-order valence-corrected chi connectivity index (χ1v) is 13.5. The van der Waals surface area contributed by atoms with Crippen LogP contribution in [0, 0.1) is 23.7 Å². The smallest absolute Gasteiger partial charge is 0.309 e. The fourth-order valence-electron chi connectivity index (χ4n) is 5.85. The Balaban J connectivity index is 1.57. The number of ether oxygens (including phenoxy) is 1. The van der Waals surface area contributed by atoms with E-state index in [0.29, 0.717) is 5.92 Å². The highest BCUT2D eigenvalue weighted by Crippen LogP contribution is 2.34. The summed E-state index contributed by atoms with van der Waals surface area (Å²) in [7, 11) is 0. The van der Waals surface area contributed by atoms with Gasteiger partial charge in [-0.15, -0.1) is 0 Å². The summed E-state index contributed by atoms with van der Waals surface area (Å²) in [5.74, 6) is 2.09. The summed E-state index contributed by atoms with van der Waals surface area (Å²) in [6, 6.07) is 0. The van der Waals surface area contributed by atoms with Crippen molar-refractivity contribution in [2.45, 2.75) is 136 Å². The summed E-state index contributed by atoms with van der Waals surface area (Å²) in [6.45, 7) is 4.82. The predicted octanol–water partition coefficient (Wildman–Crippen LogP) is 7.44. The molecule has 2 fully saturated rings. The lowest BCUT2D eigenvalue weighted by Crippen LogP contribution is -2.31. The summed E-state index contributed by atoms with van der Waals surface area (Å²) in [5.41, 5.74) is 0. The molecule has 30 heavy (non-hydrogen) atoms. The fourth-order valence-corrected chi connectivity index (χ4v) is 5.85. The molecule has 2 rings (SSSR count). The van der Waals surface area contributed by atoms with Gasteiger partial charge in [0.1, 0.15) is 6.61 Å². The Morgan fingerprint density at radius 2 is 1.57 bits per heavy atom. The molecular weight excluding hydrogens is 372 g/mol. The van der Waals surface area contributed by atoms with Crippen LogP contribution >= 0.6 is 0 Å². The van der Waals surface area contributed by atoms with Gasteiger partial charge in [0.2, 0.25) is 0 Å². The van der Waals surface area contributed by atoms with Crippen LogP contribution in [0.1, 0.15) is 129 Å². The molecule has 0 aromatic carbocycles. The van der Waals surface area contributed by atoms with E-state index in [9.17, 15) is 9.90 Å². The molecule has 0 radical (unpaired) electrons. The number of hydrogen-bond acceptors (Lipinski definition) is 3.